The van der Waals surface area contributed by atoms with Gasteiger partial charge in [-0.25, -0.2) is 9.88 Å². The molecule has 0 spiro atoms. The van der Waals surface area contributed by atoms with Gasteiger partial charge in [0.15, 0.2) is 0 Å². The third kappa shape index (κ3) is 2.90. The molecule has 1 atom stereocenters. The number of nitrogens with zero attached hydrogens (tertiary/aromatic N) is 2. The zero-order valence-electron chi connectivity index (χ0n) is 12.8. The van der Waals surface area contributed by atoms with Crippen molar-refractivity contribution in [1.29, 1.82) is 0 Å². The molecule has 3 rings (SSSR count). The minimum absolute atomic E-state index is 0.000889. The zero-order chi connectivity index (χ0) is 17.3. The highest BCUT2D eigenvalue weighted by Crippen LogP contribution is 2.35. The molecule has 24 heavy (non-hydrogen) atoms. The number of carbonyl (C=O) groups excluding carboxylic acids is 3. The minimum Gasteiger partial charge on any atom is -0.545 e. The van der Waals surface area contributed by atoms with Gasteiger partial charge in [0.05, 0.1) is 16.9 Å². The fraction of sp³-hybridized carbons (Fsp3) is 0.176. The van der Waals surface area contributed by atoms with E-state index >= 15 is 0 Å². The van der Waals surface area contributed by atoms with Crippen molar-refractivity contribution in [2.45, 2.75) is 23.6 Å². The van der Waals surface area contributed by atoms with E-state index in [0.29, 0.717) is 5.69 Å². The topological polar surface area (TPSA) is 90.4 Å². The van der Waals surface area contributed by atoms with E-state index in [2.05, 4.69) is 4.98 Å². The molecule has 2 amide bonds. The van der Waals surface area contributed by atoms with Crippen molar-refractivity contribution in [2.24, 2.45) is 0 Å². The molecule has 0 radical (unpaired) electrons. The second kappa shape index (κ2) is 6.45. The van der Waals surface area contributed by atoms with Crippen molar-refractivity contribution >= 4 is 35.2 Å². The highest BCUT2D eigenvalue weighted by Gasteiger charge is 2.41. The molecule has 2 heterocycles. The molecule has 1 saturated heterocycles. The van der Waals surface area contributed by atoms with Crippen LogP contribution in [-0.2, 0) is 9.59 Å². The van der Waals surface area contributed by atoms with Crippen LogP contribution in [0.15, 0.2) is 47.6 Å². The average Bonchev–Trinajstić information content (AvgIpc) is 2.82. The summed E-state index contributed by atoms with van der Waals surface area (Å²) in [6.07, 6.45) is 1.44. The molecule has 0 aliphatic carbocycles. The van der Waals surface area contributed by atoms with Gasteiger partial charge >= 0.3 is 0 Å². The summed E-state index contributed by atoms with van der Waals surface area (Å²) in [7, 11) is 0. The molecule has 0 saturated carbocycles. The number of carboxylic acids is 1. The molecule has 0 unspecified atom stereocenters. The number of anilines is 1. The lowest BCUT2D eigenvalue weighted by Crippen LogP contribution is -2.31. The number of benzene rings is 1. The lowest BCUT2D eigenvalue weighted by Gasteiger charge is -2.17. The Hall–Kier alpha value is -2.67. The van der Waals surface area contributed by atoms with Gasteiger partial charge in [-0.05, 0) is 30.7 Å². The lowest BCUT2D eigenvalue weighted by atomic mass is 10.2. The SMILES string of the molecule is Cc1ccccc1N1C(=O)C[C@@H](Sc2ncccc2C(=O)[O-])C1=O. The van der Waals surface area contributed by atoms with Crippen molar-refractivity contribution in [3.8, 4) is 0 Å². The number of amides is 2. The Morgan fingerprint density at radius 2 is 2.00 bits per heavy atom. The van der Waals surface area contributed by atoms with Crippen LogP contribution in [0, 0.1) is 6.92 Å². The number of para-hydroxylation sites is 1. The van der Waals surface area contributed by atoms with E-state index in [0.717, 1.165) is 22.2 Å². The number of imide groups is 1. The van der Waals surface area contributed by atoms with E-state index in [1.54, 1.807) is 12.1 Å². The molecule has 1 aliphatic heterocycles. The number of aromatic carboxylic acids is 1. The Labute approximate surface area is 142 Å². The van der Waals surface area contributed by atoms with Crippen LogP contribution in [0.4, 0.5) is 5.69 Å². The van der Waals surface area contributed by atoms with Gasteiger partial charge in [0, 0.05) is 18.2 Å². The molecule has 7 heteroatoms. The third-order valence-electron chi connectivity index (χ3n) is 3.71. The Bertz CT molecular complexity index is 837. The van der Waals surface area contributed by atoms with Crippen molar-refractivity contribution in [2.75, 3.05) is 4.90 Å². The summed E-state index contributed by atoms with van der Waals surface area (Å²) >= 11 is 0.978. The summed E-state index contributed by atoms with van der Waals surface area (Å²) in [6.45, 7) is 1.82. The summed E-state index contributed by atoms with van der Waals surface area (Å²) in [5, 5.41) is 10.6. The van der Waals surface area contributed by atoms with E-state index in [9.17, 15) is 19.5 Å². The third-order valence-corrected chi connectivity index (χ3v) is 4.91. The lowest BCUT2D eigenvalue weighted by molar-refractivity contribution is -0.255. The van der Waals surface area contributed by atoms with Crippen molar-refractivity contribution in [3.05, 3.63) is 53.7 Å². The highest BCUT2D eigenvalue weighted by atomic mass is 32.2. The number of rotatable bonds is 4. The van der Waals surface area contributed by atoms with E-state index in [1.807, 2.05) is 19.1 Å². The number of pyridine rings is 1. The van der Waals surface area contributed by atoms with Gasteiger partial charge in [-0.1, -0.05) is 30.0 Å². The molecule has 0 N–H and O–H groups in total. The number of carbonyl (C=O) groups is 3. The fourth-order valence-electron chi connectivity index (χ4n) is 2.54. The monoisotopic (exact) mass is 341 g/mol. The first-order chi connectivity index (χ1) is 11.5. The van der Waals surface area contributed by atoms with E-state index in [1.165, 1.54) is 18.3 Å². The maximum atomic E-state index is 12.6. The molecule has 0 bridgehead atoms. The Kier molecular flexibility index (Phi) is 4.35. The summed E-state index contributed by atoms with van der Waals surface area (Å²) in [5.41, 5.74) is 1.28. The van der Waals surface area contributed by atoms with Crippen LogP contribution >= 0.6 is 11.8 Å². The number of carboxylic acid groups (broad SMARTS) is 1. The zero-order valence-corrected chi connectivity index (χ0v) is 13.6. The van der Waals surface area contributed by atoms with Crippen LogP contribution in [0.2, 0.25) is 0 Å². The maximum Gasteiger partial charge on any atom is 0.247 e. The van der Waals surface area contributed by atoms with E-state index in [4.69, 9.17) is 0 Å². The number of hydrogen-bond acceptors (Lipinski definition) is 6. The Morgan fingerprint density at radius 1 is 1.25 bits per heavy atom. The van der Waals surface area contributed by atoms with Crippen LogP contribution in [0.25, 0.3) is 0 Å². The number of aromatic nitrogens is 1. The molecule has 1 aliphatic rings. The largest absolute Gasteiger partial charge is 0.545 e. The molecule has 2 aromatic rings. The smallest absolute Gasteiger partial charge is 0.247 e. The van der Waals surface area contributed by atoms with Crippen LogP contribution in [-0.4, -0.2) is 28.0 Å². The highest BCUT2D eigenvalue weighted by molar-refractivity contribution is 8.00. The van der Waals surface area contributed by atoms with Gasteiger partial charge in [-0.3, -0.25) is 9.59 Å². The molecule has 1 aromatic carbocycles. The van der Waals surface area contributed by atoms with Gasteiger partial charge in [0.2, 0.25) is 11.8 Å². The van der Waals surface area contributed by atoms with E-state index < -0.39 is 11.2 Å². The van der Waals surface area contributed by atoms with Gasteiger partial charge in [0.25, 0.3) is 0 Å². The molecular weight excluding hydrogens is 328 g/mol. The summed E-state index contributed by atoms with van der Waals surface area (Å²) in [4.78, 5) is 41.3. The second-order valence-corrected chi connectivity index (χ2v) is 6.50. The van der Waals surface area contributed by atoms with Gasteiger partial charge < -0.3 is 9.90 Å². The summed E-state index contributed by atoms with van der Waals surface area (Å²) in [6, 6.07) is 9.97. The summed E-state index contributed by atoms with van der Waals surface area (Å²) in [5.74, 6) is -2.04. The molecule has 6 nitrogen and oxygen atoms in total. The van der Waals surface area contributed by atoms with E-state index in [-0.39, 0.29) is 28.8 Å². The summed E-state index contributed by atoms with van der Waals surface area (Å²) < 4.78 is 0. The van der Waals surface area contributed by atoms with Crippen LogP contribution < -0.4 is 10.0 Å². The second-order valence-electron chi connectivity index (χ2n) is 5.31. The molecule has 122 valence electrons. The standard InChI is InChI=1S/C17H14N2O4S/c1-10-5-2-3-7-12(10)19-14(20)9-13(16(19)21)24-15-11(17(22)23)6-4-8-18-15/h2-8,13H,9H2,1H3,(H,22,23)/p-1/t13-/m1/s1. The van der Waals surface area contributed by atoms with Crippen LogP contribution in [0.5, 0.6) is 0 Å². The first kappa shape index (κ1) is 16.2. The van der Waals surface area contributed by atoms with Gasteiger partial charge in [-0.15, -0.1) is 0 Å². The fourth-order valence-corrected chi connectivity index (χ4v) is 3.64. The van der Waals surface area contributed by atoms with Gasteiger partial charge in [0.1, 0.15) is 5.03 Å². The average molecular weight is 341 g/mol. The molecular formula is C17H13N2O4S-. The van der Waals surface area contributed by atoms with Crippen molar-refractivity contribution in [3.63, 3.8) is 0 Å². The quantitative estimate of drug-likeness (QED) is 0.776. The number of thioether (sulfide) groups is 1. The number of hydrogen-bond donors (Lipinski definition) is 0. The first-order valence-corrected chi connectivity index (χ1v) is 8.12. The van der Waals surface area contributed by atoms with Crippen molar-refractivity contribution < 1.29 is 19.5 Å². The molecule has 1 fully saturated rings. The van der Waals surface area contributed by atoms with Crippen LogP contribution in [0.1, 0.15) is 22.3 Å². The Balaban J connectivity index is 1.88. The Morgan fingerprint density at radius 3 is 2.71 bits per heavy atom. The maximum absolute atomic E-state index is 12.6. The van der Waals surface area contributed by atoms with Gasteiger partial charge in [-0.2, -0.15) is 0 Å². The predicted octanol–water partition coefficient (Wildman–Crippen LogP) is 1.18. The van der Waals surface area contributed by atoms with Crippen LogP contribution in [0.3, 0.4) is 0 Å². The minimum atomic E-state index is -1.36. The number of aryl methyl sites for hydroxylation is 1. The predicted molar refractivity (Wildman–Crippen MR) is 86.5 cm³/mol. The van der Waals surface area contributed by atoms with Crippen molar-refractivity contribution in [1.82, 2.24) is 4.98 Å². The first-order valence-electron chi connectivity index (χ1n) is 7.24. The normalized spacial score (nSPS) is 17.4. The molecule has 1 aromatic heterocycles.